The molecule has 0 radical (unpaired) electrons. The van der Waals surface area contributed by atoms with Crippen LogP contribution < -0.4 is 11.1 Å². The van der Waals surface area contributed by atoms with Crippen LogP contribution in [0, 0.1) is 5.92 Å². The minimum Gasteiger partial charge on any atom is -0.356 e. The molecule has 0 saturated carbocycles. The summed E-state index contributed by atoms with van der Waals surface area (Å²) in [6, 6.07) is 10.4. The van der Waals surface area contributed by atoms with E-state index in [1.54, 1.807) is 0 Å². The molecule has 0 spiro atoms. The average molecular weight is 263 g/mol. The van der Waals surface area contributed by atoms with Crippen molar-refractivity contribution in [3.05, 3.63) is 35.9 Å². The van der Waals surface area contributed by atoms with Gasteiger partial charge in [-0.3, -0.25) is 4.79 Å². The Bertz CT molecular complexity index is 367. The Morgan fingerprint density at radius 2 is 2.05 bits per heavy atom. The van der Waals surface area contributed by atoms with Crippen molar-refractivity contribution < 1.29 is 4.79 Å². The van der Waals surface area contributed by atoms with Crippen molar-refractivity contribution in [3.63, 3.8) is 0 Å². The van der Waals surface area contributed by atoms with Crippen LogP contribution in [-0.2, 0) is 11.3 Å². The van der Waals surface area contributed by atoms with Gasteiger partial charge >= 0.3 is 0 Å². The zero-order valence-corrected chi connectivity index (χ0v) is 11.9. The lowest BCUT2D eigenvalue weighted by molar-refractivity contribution is -0.124. The smallest absolute Gasteiger partial charge is 0.224 e. The Hall–Kier alpha value is -1.39. The highest BCUT2D eigenvalue weighted by atomic mass is 16.1. The molecule has 0 saturated heterocycles. The van der Waals surface area contributed by atoms with Gasteiger partial charge < -0.3 is 16.0 Å². The lowest BCUT2D eigenvalue weighted by Crippen LogP contribution is -2.34. The minimum atomic E-state index is -0.0953. The van der Waals surface area contributed by atoms with Crippen LogP contribution >= 0.6 is 0 Å². The van der Waals surface area contributed by atoms with Crippen molar-refractivity contribution in [3.8, 4) is 0 Å². The van der Waals surface area contributed by atoms with Gasteiger partial charge in [-0.2, -0.15) is 0 Å². The van der Waals surface area contributed by atoms with Gasteiger partial charge in [0.1, 0.15) is 0 Å². The number of nitrogens with two attached hydrogens (primary N) is 1. The van der Waals surface area contributed by atoms with E-state index in [4.69, 9.17) is 5.73 Å². The molecule has 1 amide bonds. The molecular weight excluding hydrogens is 238 g/mol. The van der Waals surface area contributed by atoms with E-state index in [2.05, 4.69) is 41.5 Å². The van der Waals surface area contributed by atoms with Gasteiger partial charge in [-0.05, 0) is 25.6 Å². The summed E-state index contributed by atoms with van der Waals surface area (Å²) in [4.78, 5) is 13.8. The topological polar surface area (TPSA) is 58.4 Å². The Morgan fingerprint density at radius 3 is 2.68 bits per heavy atom. The van der Waals surface area contributed by atoms with Crippen LogP contribution in [0.3, 0.4) is 0 Å². The highest BCUT2D eigenvalue weighted by Crippen LogP contribution is 2.02. The number of hydrogen-bond acceptors (Lipinski definition) is 3. The molecule has 0 aliphatic rings. The molecule has 0 bridgehead atoms. The second-order valence-corrected chi connectivity index (χ2v) is 5.00. The van der Waals surface area contributed by atoms with Crippen molar-refractivity contribution in [2.75, 3.05) is 26.7 Å². The molecule has 19 heavy (non-hydrogen) atoms. The molecule has 1 aromatic rings. The van der Waals surface area contributed by atoms with Gasteiger partial charge in [-0.25, -0.2) is 0 Å². The van der Waals surface area contributed by atoms with Crippen LogP contribution in [0.4, 0.5) is 0 Å². The van der Waals surface area contributed by atoms with Crippen LogP contribution in [0.5, 0.6) is 0 Å². The molecule has 4 heteroatoms. The van der Waals surface area contributed by atoms with Crippen LogP contribution in [0.2, 0.25) is 0 Å². The highest BCUT2D eigenvalue weighted by Gasteiger charge is 2.09. The van der Waals surface area contributed by atoms with Gasteiger partial charge in [0.05, 0.1) is 0 Å². The van der Waals surface area contributed by atoms with E-state index in [1.807, 2.05) is 13.0 Å². The summed E-state index contributed by atoms with van der Waals surface area (Å²) in [7, 11) is 2.09. The molecule has 1 aromatic carbocycles. The summed E-state index contributed by atoms with van der Waals surface area (Å²) in [5.41, 5.74) is 6.75. The first kappa shape index (κ1) is 15.7. The standard InChI is InChI=1S/C15H25N3O/c1-13(11-16)15(19)17-9-6-10-18(2)12-14-7-4-3-5-8-14/h3-5,7-8,13H,6,9-12,16H2,1-2H3,(H,17,19). The second kappa shape index (κ2) is 8.67. The second-order valence-electron chi connectivity index (χ2n) is 5.00. The first-order valence-corrected chi connectivity index (χ1v) is 6.83. The molecule has 3 N–H and O–H groups in total. The summed E-state index contributed by atoms with van der Waals surface area (Å²) < 4.78 is 0. The molecule has 0 aromatic heterocycles. The third kappa shape index (κ3) is 6.36. The molecular formula is C15H25N3O. The quantitative estimate of drug-likeness (QED) is 0.693. The zero-order chi connectivity index (χ0) is 14.1. The van der Waals surface area contributed by atoms with Crippen molar-refractivity contribution in [2.45, 2.75) is 19.9 Å². The van der Waals surface area contributed by atoms with E-state index in [1.165, 1.54) is 5.56 Å². The summed E-state index contributed by atoms with van der Waals surface area (Å²) in [6.45, 7) is 4.86. The van der Waals surface area contributed by atoms with Crippen LogP contribution in [0.1, 0.15) is 18.9 Å². The van der Waals surface area contributed by atoms with E-state index in [0.717, 1.165) is 19.5 Å². The summed E-state index contributed by atoms with van der Waals surface area (Å²) >= 11 is 0. The van der Waals surface area contributed by atoms with Gasteiger partial charge in [0.15, 0.2) is 0 Å². The normalized spacial score (nSPS) is 12.4. The number of nitrogens with one attached hydrogen (secondary N) is 1. The van der Waals surface area contributed by atoms with Gasteiger partial charge in [-0.15, -0.1) is 0 Å². The van der Waals surface area contributed by atoms with Crippen LogP contribution in [-0.4, -0.2) is 37.5 Å². The Kier molecular flexibility index (Phi) is 7.15. The van der Waals surface area contributed by atoms with Crippen molar-refractivity contribution in [2.24, 2.45) is 11.7 Å². The monoisotopic (exact) mass is 263 g/mol. The molecule has 0 heterocycles. The van der Waals surface area contributed by atoms with Gasteiger partial charge in [0.2, 0.25) is 5.91 Å². The lowest BCUT2D eigenvalue weighted by atomic mass is 10.1. The van der Waals surface area contributed by atoms with E-state index >= 15 is 0 Å². The van der Waals surface area contributed by atoms with Crippen molar-refractivity contribution in [1.29, 1.82) is 0 Å². The van der Waals surface area contributed by atoms with Crippen molar-refractivity contribution in [1.82, 2.24) is 10.2 Å². The fourth-order valence-corrected chi connectivity index (χ4v) is 1.82. The molecule has 1 rings (SSSR count). The summed E-state index contributed by atoms with van der Waals surface area (Å²) in [5.74, 6) is -0.0461. The highest BCUT2D eigenvalue weighted by molar-refractivity contribution is 5.78. The molecule has 0 aliphatic heterocycles. The molecule has 1 unspecified atom stereocenters. The zero-order valence-electron chi connectivity index (χ0n) is 11.9. The first-order valence-electron chi connectivity index (χ1n) is 6.83. The van der Waals surface area contributed by atoms with E-state index < -0.39 is 0 Å². The Labute approximate surface area is 116 Å². The van der Waals surface area contributed by atoms with Crippen LogP contribution in [0.15, 0.2) is 30.3 Å². The van der Waals surface area contributed by atoms with Crippen molar-refractivity contribution >= 4 is 5.91 Å². The Balaban J connectivity index is 2.14. The first-order chi connectivity index (χ1) is 9.13. The maximum Gasteiger partial charge on any atom is 0.224 e. The molecule has 1 atom stereocenters. The van der Waals surface area contributed by atoms with E-state index in [9.17, 15) is 4.79 Å². The number of amides is 1. The summed E-state index contributed by atoms with van der Waals surface area (Å²) in [5, 5.41) is 2.91. The number of benzene rings is 1. The van der Waals surface area contributed by atoms with E-state index in [-0.39, 0.29) is 11.8 Å². The van der Waals surface area contributed by atoms with Gasteiger partial charge in [0.25, 0.3) is 0 Å². The minimum absolute atomic E-state index is 0.0493. The number of nitrogens with zero attached hydrogens (tertiary/aromatic N) is 1. The van der Waals surface area contributed by atoms with Gasteiger partial charge in [0, 0.05) is 25.6 Å². The number of rotatable bonds is 8. The summed E-state index contributed by atoms with van der Waals surface area (Å²) in [6.07, 6.45) is 0.951. The molecule has 0 aliphatic carbocycles. The maximum atomic E-state index is 11.5. The van der Waals surface area contributed by atoms with E-state index in [0.29, 0.717) is 13.1 Å². The number of hydrogen-bond donors (Lipinski definition) is 2. The molecule has 106 valence electrons. The van der Waals surface area contributed by atoms with Crippen LogP contribution in [0.25, 0.3) is 0 Å². The number of carbonyl (C=O) groups excluding carboxylic acids is 1. The largest absolute Gasteiger partial charge is 0.356 e. The third-order valence-corrected chi connectivity index (χ3v) is 3.11. The maximum absolute atomic E-state index is 11.5. The molecule has 4 nitrogen and oxygen atoms in total. The number of carbonyl (C=O) groups is 1. The average Bonchev–Trinajstić information content (AvgIpc) is 2.43. The fraction of sp³-hybridized carbons (Fsp3) is 0.533. The third-order valence-electron chi connectivity index (χ3n) is 3.11. The van der Waals surface area contributed by atoms with Gasteiger partial charge in [-0.1, -0.05) is 37.3 Å². The Morgan fingerprint density at radius 1 is 1.37 bits per heavy atom. The predicted molar refractivity (Wildman–Crippen MR) is 78.6 cm³/mol. The molecule has 0 fully saturated rings. The SMILES string of the molecule is CC(CN)C(=O)NCCCN(C)Cc1ccccc1. The predicted octanol–water partition coefficient (Wildman–Crippen LogP) is 1.22. The lowest BCUT2D eigenvalue weighted by Gasteiger charge is -2.17. The fourth-order valence-electron chi connectivity index (χ4n) is 1.82.